The molecule has 122 valence electrons. The fourth-order valence-corrected chi connectivity index (χ4v) is 4.69. The Morgan fingerprint density at radius 1 is 1.50 bits per heavy atom. The lowest BCUT2D eigenvalue weighted by Crippen LogP contribution is -2.47. The number of aryl methyl sites for hydroxylation is 1. The van der Waals surface area contributed by atoms with Crippen molar-refractivity contribution in [1.82, 2.24) is 19.8 Å². The van der Waals surface area contributed by atoms with Crippen LogP contribution in [0.3, 0.4) is 0 Å². The number of rotatable bonds is 4. The van der Waals surface area contributed by atoms with Gasteiger partial charge in [0.05, 0.1) is 6.04 Å². The SMILES string of the molecule is CCc1nccn1[C@H]1CCCN(C(=O)NC[C@@H]2CCSC2)C1. The Bertz CT molecular complexity index is 498. The van der Waals surface area contributed by atoms with Gasteiger partial charge in [-0.3, -0.25) is 0 Å². The topological polar surface area (TPSA) is 50.2 Å². The molecule has 2 aliphatic heterocycles. The first kappa shape index (κ1) is 15.7. The van der Waals surface area contributed by atoms with E-state index in [1.165, 1.54) is 17.9 Å². The molecule has 1 aromatic heterocycles. The van der Waals surface area contributed by atoms with Gasteiger partial charge in [0, 0.05) is 38.4 Å². The number of thioether (sulfide) groups is 1. The highest BCUT2D eigenvalue weighted by Gasteiger charge is 2.26. The van der Waals surface area contributed by atoms with Crippen molar-refractivity contribution in [3.63, 3.8) is 0 Å². The minimum atomic E-state index is 0.111. The number of nitrogens with zero attached hydrogens (tertiary/aromatic N) is 3. The summed E-state index contributed by atoms with van der Waals surface area (Å²) < 4.78 is 2.26. The maximum atomic E-state index is 12.4. The van der Waals surface area contributed by atoms with Crippen molar-refractivity contribution in [3.05, 3.63) is 18.2 Å². The van der Waals surface area contributed by atoms with Crippen LogP contribution in [0.15, 0.2) is 12.4 Å². The zero-order valence-electron chi connectivity index (χ0n) is 13.3. The van der Waals surface area contributed by atoms with E-state index in [2.05, 4.69) is 28.0 Å². The van der Waals surface area contributed by atoms with Gasteiger partial charge in [-0.05, 0) is 36.7 Å². The van der Waals surface area contributed by atoms with Gasteiger partial charge in [-0.1, -0.05) is 6.92 Å². The molecule has 1 N–H and O–H groups in total. The molecule has 0 bridgehead atoms. The highest BCUT2D eigenvalue weighted by atomic mass is 32.2. The number of aromatic nitrogens is 2. The third-order valence-corrected chi connectivity index (χ3v) is 5.94. The summed E-state index contributed by atoms with van der Waals surface area (Å²) in [4.78, 5) is 18.8. The minimum absolute atomic E-state index is 0.111. The number of piperidine rings is 1. The second-order valence-corrected chi connectivity index (χ2v) is 7.41. The van der Waals surface area contributed by atoms with Crippen LogP contribution in [0.25, 0.3) is 0 Å². The number of nitrogens with one attached hydrogen (secondary N) is 1. The maximum Gasteiger partial charge on any atom is 0.317 e. The molecule has 0 saturated carbocycles. The van der Waals surface area contributed by atoms with E-state index in [4.69, 9.17) is 0 Å². The van der Waals surface area contributed by atoms with Gasteiger partial charge in [-0.15, -0.1) is 0 Å². The highest BCUT2D eigenvalue weighted by molar-refractivity contribution is 7.99. The van der Waals surface area contributed by atoms with Crippen LogP contribution in [0.1, 0.15) is 38.1 Å². The standard InChI is InChI=1S/C16H26N4OS/c1-2-15-17-6-8-20(15)14-4-3-7-19(11-14)16(21)18-10-13-5-9-22-12-13/h6,8,13-14H,2-5,7,9-12H2,1H3,(H,18,21)/t13-,14-/m0/s1. The molecule has 0 radical (unpaired) electrons. The molecule has 0 spiro atoms. The second kappa shape index (κ2) is 7.40. The Kier molecular flexibility index (Phi) is 5.28. The number of urea groups is 1. The normalized spacial score (nSPS) is 25.4. The van der Waals surface area contributed by atoms with Gasteiger partial charge in [0.2, 0.25) is 0 Å². The van der Waals surface area contributed by atoms with Crippen LogP contribution in [0.4, 0.5) is 4.79 Å². The van der Waals surface area contributed by atoms with Crippen LogP contribution in [-0.2, 0) is 6.42 Å². The van der Waals surface area contributed by atoms with E-state index in [1.807, 2.05) is 22.9 Å². The molecule has 0 unspecified atom stereocenters. The number of carbonyl (C=O) groups is 1. The van der Waals surface area contributed by atoms with Crippen molar-refractivity contribution in [3.8, 4) is 0 Å². The van der Waals surface area contributed by atoms with E-state index in [0.29, 0.717) is 12.0 Å². The first-order chi connectivity index (χ1) is 10.8. The molecule has 3 rings (SSSR count). The summed E-state index contributed by atoms with van der Waals surface area (Å²) in [6.45, 7) is 4.64. The van der Waals surface area contributed by atoms with Crippen LogP contribution in [-0.4, -0.2) is 51.6 Å². The van der Waals surface area contributed by atoms with Crippen LogP contribution in [0, 0.1) is 5.92 Å². The summed E-state index contributed by atoms with van der Waals surface area (Å²) >= 11 is 2.00. The van der Waals surface area contributed by atoms with Gasteiger partial charge in [-0.25, -0.2) is 9.78 Å². The molecule has 2 saturated heterocycles. The van der Waals surface area contributed by atoms with Gasteiger partial charge in [-0.2, -0.15) is 11.8 Å². The molecule has 2 atom stereocenters. The smallest absolute Gasteiger partial charge is 0.317 e. The van der Waals surface area contributed by atoms with E-state index >= 15 is 0 Å². The number of likely N-dealkylation sites (tertiary alicyclic amines) is 1. The van der Waals surface area contributed by atoms with Crippen LogP contribution in [0.5, 0.6) is 0 Å². The van der Waals surface area contributed by atoms with Crippen molar-refractivity contribution in [2.75, 3.05) is 31.1 Å². The van der Waals surface area contributed by atoms with Crippen LogP contribution < -0.4 is 5.32 Å². The first-order valence-electron chi connectivity index (χ1n) is 8.40. The quantitative estimate of drug-likeness (QED) is 0.927. The van der Waals surface area contributed by atoms with E-state index in [9.17, 15) is 4.79 Å². The molecule has 3 heterocycles. The molecule has 6 heteroatoms. The summed E-state index contributed by atoms with van der Waals surface area (Å²) in [6, 6.07) is 0.485. The lowest BCUT2D eigenvalue weighted by Gasteiger charge is -2.34. The molecule has 2 aliphatic rings. The van der Waals surface area contributed by atoms with Gasteiger partial charge in [0.15, 0.2) is 0 Å². The minimum Gasteiger partial charge on any atom is -0.338 e. The lowest BCUT2D eigenvalue weighted by atomic mass is 10.1. The number of hydrogen-bond donors (Lipinski definition) is 1. The number of imidazole rings is 1. The van der Waals surface area contributed by atoms with Crippen molar-refractivity contribution in [2.45, 2.75) is 38.6 Å². The van der Waals surface area contributed by atoms with E-state index in [0.717, 1.165) is 44.7 Å². The molecular formula is C16H26N4OS. The lowest BCUT2D eigenvalue weighted by molar-refractivity contribution is 0.165. The van der Waals surface area contributed by atoms with E-state index in [1.54, 1.807) is 0 Å². The molecular weight excluding hydrogens is 296 g/mol. The Morgan fingerprint density at radius 3 is 3.18 bits per heavy atom. The summed E-state index contributed by atoms with van der Waals surface area (Å²) in [5.41, 5.74) is 0. The summed E-state index contributed by atoms with van der Waals surface area (Å²) in [7, 11) is 0. The highest BCUT2D eigenvalue weighted by Crippen LogP contribution is 2.24. The molecule has 2 amide bonds. The number of carbonyl (C=O) groups excluding carboxylic acids is 1. The second-order valence-electron chi connectivity index (χ2n) is 6.26. The molecule has 22 heavy (non-hydrogen) atoms. The summed E-state index contributed by atoms with van der Waals surface area (Å²) in [5, 5.41) is 3.14. The summed E-state index contributed by atoms with van der Waals surface area (Å²) in [6.07, 6.45) is 8.30. The predicted octanol–water partition coefficient (Wildman–Crippen LogP) is 2.55. The Labute approximate surface area is 136 Å². The van der Waals surface area contributed by atoms with Crippen molar-refractivity contribution in [2.24, 2.45) is 5.92 Å². The van der Waals surface area contributed by atoms with Crippen LogP contribution >= 0.6 is 11.8 Å². The third kappa shape index (κ3) is 3.59. The zero-order chi connectivity index (χ0) is 15.4. The molecule has 1 aromatic rings. The first-order valence-corrected chi connectivity index (χ1v) is 9.55. The van der Waals surface area contributed by atoms with E-state index < -0.39 is 0 Å². The average molecular weight is 322 g/mol. The van der Waals surface area contributed by atoms with Crippen LogP contribution in [0.2, 0.25) is 0 Å². The molecule has 5 nitrogen and oxygen atoms in total. The molecule has 0 aliphatic carbocycles. The Morgan fingerprint density at radius 2 is 2.41 bits per heavy atom. The largest absolute Gasteiger partial charge is 0.338 e. The van der Waals surface area contributed by atoms with Crippen molar-refractivity contribution >= 4 is 17.8 Å². The number of hydrogen-bond acceptors (Lipinski definition) is 3. The Balaban J connectivity index is 1.54. The third-order valence-electron chi connectivity index (χ3n) is 4.71. The van der Waals surface area contributed by atoms with E-state index in [-0.39, 0.29) is 6.03 Å². The molecule has 2 fully saturated rings. The average Bonchev–Trinajstić information content (AvgIpc) is 3.23. The fraction of sp³-hybridized carbons (Fsp3) is 0.750. The van der Waals surface area contributed by atoms with Crippen molar-refractivity contribution in [1.29, 1.82) is 0 Å². The predicted molar refractivity (Wildman–Crippen MR) is 90.3 cm³/mol. The molecule has 0 aromatic carbocycles. The maximum absolute atomic E-state index is 12.4. The van der Waals surface area contributed by atoms with Crippen molar-refractivity contribution < 1.29 is 4.79 Å². The summed E-state index contributed by atoms with van der Waals surface area (Å²) in [5.74, 6) is 4.22. The fourth-order valence-electron chi connectivity index (χ4n) is 3.40. The van der Waals surface area contributed by atoms with Gasteiger partial charge >= 0.3 is 6.03 Å². The zero-order valence-corrected chi connectivity index (χ0v) is 14.1. The number of amides is 2. The monoisotopic (exact) mass is 322 g/mol. The van der Waals surface area contributed by atoms with Gasteiger partial charge < -0.3 is 14.8 Å². The Hall–Kier alpha value is -1.17. The van der Waals surface area contributed by atoms with Gasteiger partial charge in [0.1, 0.15) is 5.82 Å². The van der Waals surface area contributed by atoms with Gasteiger partial charge in [0.25, 0.3) is 0 Å².